The van der Waals surface area contributed by atoms with Crippen LogP contribution in [-0.4, -0.2) is 31.4 Å². The molecular formula is C21H19FN4S. The maximum atomic E-state index is 13.4. The Morgan fingerprint density at radius 3 is 2.70 bits per heavy atom. The first-order valence-electron chi connectivity index (χ1n) is 9.06. The highest BCUT2D eigenvalue weighted by Gasteiger charge is 2.44. The van der Waals surface area contributed by atoms with Gasteiger partial charge in [-0.05, 0) is 48.5 Å². The van der Waals surface area contributed by atoms with Gasteiger partial charge in [0, 0.05) is 35.6 Å². The largest absolute Gasteiger partial charge is 0.339 e. The molecule has 2 aliphatic heterocycles. The molecule has 3 atom stereocenters. The van der Waals surface area contributed by atoms with E-state index in [4.69, 9.17) is 4.99 Å². The van der Waals surface area contributed by atoms with Crippen LogP contribution in [0.2, 0.25) is 0 Å². The van der Waals surface area contributed by atoms with Gasteiger partial charge < -0.3 is 9.47 Å². The van der Waals surface area contributed by atoms with E-state index in [-0.39, 0.29) is 17.9 Å². The van der Waals surface area contributed by atoms with Gasteiger partial charge in [0.15, 0.2) is 5.17 Å². The van der Waals surface area contributed by atoms with Crippen molar-refractivity contribution in [3.8, 4) is 5.69 Å². The maximum Gasteiger partial charge on any atom is 0.160 e. The van der Waals surface area contributed by atoms with Gasteiger partial charge in [0.1, 0.15) is 11.9 Å². The van der Waals surface area contributed by atoms with Crippen LogP contribution in [0.4, 0.5) is 4.39 Å². The molecule has 1 aromatic carbocycles. The summed E-state index contributed by atoms with van der Waals surface area (Å²) in [6.45, 7) is 3.20. The van der Waals surface area contributed by atoms with Gasteiger partial charge >= 0.3 is 0 Å². The monoisotopic (exact) mass is 378 g/mol. The molecule has 0 amide bonds. The minimum Gasteiger partial charge on any atom is -0.339 e. The molecule has 0 spiro atoms. The summed E-state index contributed by atoms with van der Waals surface area (Å²) in [6.07, 6.45) is 3.85. The normalized spacial score (nSPS) is 24.1. The highest BCUT2D eigenvalue weighted by Crippen LogP contribution is 2.47. The van der Waals surface area contributed by atoms with E-state index < -0.39 is 0 Å². The number of nitrogens with zero attached hydrogens (tertiary/aromatic N) is 4. The Bertz CT molecular complexity index is 983. The van der Waals surface area contributed by atoms with Gasteiger partial charge in [-0.2, -0.15) is 0 Å². The van der Waals surface area contributed by atoms with Gasteiger partial charge in [-0.1, -0.05) is 24.8 Å². The van der Waals surface area contributed by atoms with Gasteiger partial charge in [0.25, 0.3) is 0 Å². The van der Waals surface area contributed by atoms with Gasteiger partial charge in [-0.25, -0.2) is 4.39 Å². The number of hydrogen-bond acceptors (Lipinski definition) is 4. The van der Waals surface area contributed by atoms with E-state index in [0.717, 1.165) is 28.8 Å². The molecule has 4 nitrogen and oxygen atoms in total. The third kappa shape index (κ3) is 2.84. The van der Waals surface area contributed by atoms with Crippen molar-refractivity contribution in [2.75, 3.05) is 6.54 Å². The van der Waals surface area contributed by atoms with Crippen molar-refractivity contribution < 1.29 is 4.39 Å². The van der Waals surface area contributed by atoms with Gasteiger partial charge in [-0.15, -0.1) is 0 Å². The summed E-state index contributed by atoms with van der Waals surface area (Å²) in [5.41, 5.74) is 3.07. The van der Waals surface area contributed by atoms with Crippen LogP contribution in [0.15, 0.2) is 72.0 Å². The van der Waals surface area contributed by atoms with Crippen LogP contribution >= 0.6 is 11.8 Å². The molecule has 1 fully saturated rings. The fourth-order valence-electron chi connectivity index (χ4n) is 3.91. The Hall–Kier alpha value is -2.60. The van der Waals surface area contributed by atoms with Crippen LogP contribution in [0.1, 0.15) is 30.4 Å². The second kappa shape index (κ2) is 6.53. The van der Waals surface area contributed by atoms with E-state index in [0.29, 0.717) is 5.25 Å². The lowest BCUT2D eigenvalue weighted by molar-refractivity contribution is 0.312. The molecule has 0 unspecified atom stereocenters. The Morgan fingerprint density at radius 1 is 1.07 bits per heavy atom. The number of aromatic nitrogens is 2. The standard InChI is InChI=1S/C21H19FN4S/c1-14-13-26-20(19(24-21(26)27-14)17-5-2-3-11-23-17)18-6-4-12-25(18)16-9-7-15(22)8-10-16/h2-12,14,19-20H,13H2,1H3/t14-,19+,20-/m0/s1. The van der Waals surface area contributed by atoms with Crippen molar-refractivity contribution in [1.82, 2.24) is 14.5 Å². The third-order valence-corrected chi connectivity index (χ3v) is 6.17. The summed E-state index contributed by atoms with van der Waals surface area (Å²) >= 11 is 1.83. The molecule has 4 heterocycles. The molecule has 0 N–H and O–H groups in total. The fraction of sp³-hybridized carbons (Fsp3) is 0.238. The highest BCUT2D eigenvalue weighted by molar-refractivity contribution is 8.14. The molecule has 2 aliphatic rings. The van der Waals surface area contributed by atoms with Crippen LogP contribution in [0.3, 0.4) is 0 Å². The minimum absolute atomic E-state index is 0.0460. The van der Waals surface area contributed by atoms with Crippen molar-refractivity contribution in [2.45, 2.75) is 24.3 Å². The molecule has 2 aromatic heterocycles. The highest BCUT2D eigenvalue weighted by atomic mass is 32.2. The third-order valence-electron chi connectivity index (χ3n) is 5.07. The first-order chi connectivity index (χ1) is 13.2. The summed E-state index contributed by atoms with van der Waals surface area (Å²) in [6, 6.07) is 16.8. The van der Waals surface area contributed by atoms with Crippen LogP contribution in [-0.2, 0) is 0 Å². The van der Waals surface area contributed by atoms with E-state index in [1.807, 2.05) is 60.6 Å². The van der Waals surface area contributed by atoms with Gasteiger partial charge in [0.2, 0.25) is 0 Å². The second-order valence-corrected chi connectivity index (χ2v) is 8.32. The van der Waals surface area contributed by atoms with E-state index in [2.05, 4.69) is 27.4 Å². The zero-order valence-corrected chi connectivity index (χ0v) is 15.7. The topological polar surface area (TPSA) is 33.4 Å². The summed E-state index contributed by atoms with van der Waals surface area (Å²) in [4.78, 5) is 12.0. The average molecular weight is 378 g/mol. The molecule has 0 bridgehead atoms. The summed E-state index contributed by atoms with van der Waals surface area (Å²) < 4.78 is 15.5. The summed E-state index contributed by atoms with van der Waals surface area (Å²) in [5, 5.41) is 1.61. The van der Waals surface area contributed by atoms with Crippen LogP contribution < -0.4 is 0 Å². The van der Waals surface area contributed by atoms with Crippen molar-refractivity contribution in [3.63, 3.8) is 0 Å². The summed E-state index contributed by atoms with van der Waals surface area (Å²) in [7, 11) is 0. The Kier molecular flexibility index (Phi) is 4.01. The quantitative estimate of drug-likeness (QED) is 0.668. The first-order valence-corrected chi connectivity index (χ1v) is 9.94. The summed E-state index contributed by atoms with van der Waals surface area (Å²) in [5.74, 6) is -0.227. The number of thioether (sulfide) groups is 1. The van der Waals surface area contributed by atoms with Gasteiger partial charge in [-0.3, -0.25) is 9.98 Å². The number of rotatable bonds is 3. The molecule has 3 aromatic rings. The molecule has 0 radical (unpaired) electrons. The van der Waals surface area contributed by atoms with E-state index in [1.165, 1.54) is 12.1 Å². The number of halogens is 1. The molecule has 136 valence electrons. The maximum absolute atomic E-state index is 13.4. The van der Waals surface area contributed by atoms with E-state index in [9.17, 15) is 4.39 Å². The lowest BCUT2D eigenvalue weighted by Gasteiger charge is -2.28. The zero-order valence-electron chi connectivity index (χ0n) is 14.9. The molecular weight excluding hydrogens is 359 g/mol. The predicted molar refractivity (Wildman–Crippen MR) is 107 cm³/mol. The van der Waals surface area contributed by atoms with Crippen LogP contribution in [0.5, 0.6) is 0 Å². The molecule has 0 saturated carbocycles. The predicted octanol–water partition coefficient (Wildman–Crippen LogP) is 4.60. The Balaban J connectivity index is 1.60. The minimum atomic E-state index is -0.227. The number of pyridine rings is 1. The first kappa shape index (κ1) is 16.6. The van der Waals surface area contributed by atoms with Gasteiger partial charge in [0.05, 0.1) is 11.7 Å². The number of amidine groups is 1. The number of fused-ring (bicyclic) bond motifs is 1. The van der Waals surface area contributed by atoms with Crippen molar-refractivity contribution >= 4 is 16.9 Å². The fourth-order valence-corrected chi connectivity index (χ4v) is 5.00. The zero-order chi connectivity index (χ0) is 18.4. The molecule has 1 saturated heterocycles. The van der Waals surface area contributed by atoms with Crippen LogP contribution in [0, 0.1) is 5.82 Å². The number of benzene rings is 1. The smallest absolute Gasteiger partial charge is 0.160 e. The lowest BCUT2D eigenvalue weighted by atomic mass is 10.0. The Morgan fingerprint density at radius 2 is 1.93 bits per heavy atom. The SMILES string of the molecule is C[C@H]1CN2C(=N[C@H](c3ccccn3)[C@@H]2c2cccn2-c2ccc(F)cc2)S1. The van der Waals surface area contributed by atoms with Crippen molar-refractivity contribution in [3.05, 3.63) is 84.2 Å². The average Bonchev–Trinajstić information content (AvgIpc) is 3.37. The number of aliphatic imine (C=N–C) groups is 1. The van der Waals surface area contributed by atoms with Crippen molar-refractivity contribution in [2.24, 2.45) is 4.99 Å². The molecule has 0 aliphatic carbocycles. The van der Waals surface area contributed by atoms with E-state index in [1.54, 1.807) is 0 Å². The molecule has 27 heavy (non-hydrogen) atoms. The molecule has 6 heteroatoms. The van der Waals surface area contributed by atoms with Crippen molar-refractivity contribution in [1.29, 1.82) is 0 Å². The number of hydrogen-bond donors (Lipinski definition) is 0. The Labute approximate surface area is 161 Å². The van der Waals surface area contributed by atoms with Crippen LogP contribution in [0.25, 0.3) is 5.69 Å². The lowest BCUT2D eigenvalue weighted by Crippen LogP contribution is -2.30. The second-order valence-electron chi connectivity index (χ2n) is 6.92. The molecule has 5 rings (SSSR count). The van der Waals surface area contributed by atoms with E-state index >= 15 is 0 Å².